The van der Waals surface area contributed by atoms with Crippen LogP contribution in [-0.4, -0.2) is 33.9 Å². The van der Waals surface area contributed by atoms with E-state index in [2.05, 4.69) is 6.07 Å². The van der Waals surface area contributed by atoms with Crippen molar-refractivity contribution in [3.63, 3.8) is 0 Å². The van der Waals surface area contributed by atoms with Crippen LogP contribution in [0.5, 0.6) is 0 Å². The molecule has 0 N–H and O–H groups in total. The number of benzene rings is 3. The zero-order valence-electron chi connectivity index (χ0n) is 16.2. The molecule has 1 aliphatic heterocycles. The zero-order chi connectivity index (χ0) is 21.5. The standard InChI is InChI=1S/C22H20ClNO4S2/c1-29(25,26)21-8-4-16(5-9-21)17-2-3-19-15-24(13-12-18(19)14-17)30(27,28)22-10-6-20(23)7-11-22/h2-11,14H,12-13,15H2,1H3. The van der Waals surface area contributed by atoms with Gasteiger partial charge in [0, 0.05) is 24.4 Å². The molecule has 3 aromatic rings. The van der Waals surface area contributed by atoms with Crippen LogP contribution in [-0.2, 0) is 32.8 Å². The molecule has 1 aliphatic rings. The van der Waals surface area contributed by atoms with E-state index in [9.17, 15) is 16.8 Å². The van der Waals surface area contributed by atoms with E-state index in [1.54, 1.807) is 36.4 Å². The van der Waals surface area contributed by atoms with Crippen molar-refractivity contribution < 1.29 is 16.8 Å². The lowest BCUT2D eigenvalue weighted by Crippen LogP contribution is -2.35. The largest absolute Gasteiger partial charge is 0.243 e. The van der Waals surface area contributed by atoms with Crippen molar-refractivity contribution in [2.75, 3.05) is 12.8 Å². The molecule has 156 valence electrons. The fourth-order valence-electron chi connectivity index (χ4n) is 3.56. The Labute approximate surface area is 181 Å². The minimum atomic E-state index is -3.58. The van der Waals surface area contributed by atoms with E-state index in [1.165, 1.54) is 22.7 Å². The van der Waals surface area contributed by atoms with Crippen LogP contribution < -0.4 is 0 Å². The number of rotatable bonds is 4. The van der Waals surface area contributed by atoms with Crippen LogP contribution in [0.1, 0.15) is 11.1 Å². The van der Waals surface area contributed by atoms with E-state index in [0.29, 0.717) is 24.5 Å². The lowest BCUT2D eigenvalue weighted by Gasteiger charge is -2.28. The predicted molar refractivity (Wildman–Crippen MR) is 118 cm³/mol. The van der Waals surface area contributed by atoms with Gasteiger partial charge >= 0.3 is 0 Å². The number of sulfonamides is 1. The molecule has 0 amide bonds. The molecule has 0 saturated carbocycles. The number of fused-ring (bicyclic) bond motifs is 1. The smallest absolute Gasteiger partial charge is 0.224 e. The van der Waals surface area contributed by atoms with Crippen LogP contribution in [0.2, 0.25) is 5.02 Å². The van der Waals surface area contributed by atoms with Crippen LogP contribution in [0, 0.1) is 0 Å². The van der Waals surface area contributed by atoms with Gasteiger partial charge in [-0.15, -0.1) is 0 Å². The molecule has 0 aliphatic carbocycles. The average molecular weight is 462 g/mol. The molecular weight excluding hydrogens is 442 g/mol. The van der Waals surface area contributed by atoms with Gasteiger partial charge in [-0.2, -0.15) is 4.31 Å². The van der Waals surface area contributed by atoms with E-state index in [-0.39, 0.29) is 9.79 Å². The van der Waals surface area contributed by atoms with Gasteiger partial charge in [-0.3, -0.25) is 0 Å². The number of halogens is 1. The van der Waals surface area contributed by atoms with Gasteiger partial charge in [-0.1, -0.05) is 41.9 Å². The highest BCUT2D eigenvalue weighted by atomic mass is 35.5. The van der Waals surface area contributed by atoms with Gasteiger partial charge in [0.05, 0.1) is 9.79 Å². The van der Waals surface area contributed by atoms with Crippen molar-refractivity contribution >= 4 is 31.5 Å². The molecule has 0 fully saturated rings. The van der Waals surface area contributed by atoms with Crippen LogP contribution in [0.3, 0.4) is 0 Å². The highest BCUT2D eigenvalue weighted by Crippen LogP contribution is 2.30. The molecule has 0 unspecified atom stereocenters. The van der Waals surface area contributed by atoms with Crippen molar-refractivity contribution in [1.29, 1.82) is 0 Å². The minimum Gasteiger partial charge on any atom is -0.224 e. The topological polar surface area (TPSA) is 71.5 Å². The van der Waals surface area contributed by atoms with Gasteiger partial charge in [0.2, 0.25) is 10.0 Å². The molecule has 0 radical (unpaired) electrons. The second kappa shape index (κ2) is 7.81. The summed E-state index contributed by atoms with van der Waals surface area (Å²) in [4.78, 5) is 0.519. The third kappa shape index (κ3) is 4.16. The molecule has 0 atom stereocenters. The molecule has 1 heterocycles. The van der Waals surface area contributed by atoms with Crippen molar-refractivity contribution in [1.82, 2.24) is 4.31 Å². The quantitative estimate of drug-likeness (QED) is 0.585. The normalized spacial score (nSPS) is 15.0. The summed E-state index contributed by atoms with van der Waals surface area (Å²) in [5.41, 5.74) is 3.96. The summed E-state index contributed by atoms with van der Waals surface area (Å²) in [6, 6.07) is 18.9. The molecule has 0 aromatic heterocycles. The molecule has 30 heavy (non-hydrogen) atoms. The van der Waals surface area contributed by atoms with E-state index >= 15 is 0 Å². The number of hydrogen-bond acceptors (Lipinski definition) is 4. The Morgan fingerprint density at radius 1 is 0.767 bits per heavy atom. The van der Waals surface area contributed by atoms with Crippen molar-refractivity contribution in [3.05, 3.63) is 82.9 Å². The Hall–Kier alpha value is -2.19. The summed E-state index contributed by atoms with van der Waals surface area (Å²) in [5.74, 6) is 0. The first-order valence-electron chi connectivity index (χ1n) is 9.33. The van der Waals surface area contributed by atoms with E-state index in [0.717, 1.165) is 22.3 Å². The maximum absolute atomic E-state index is 12.9. The van der Waals surface area contributed by atoms with E-state index in [4.69, 9.17) is 11.6 Å². The highest BCUT2D eigenvalue weighted by molar-refractivity contribution is 7.90. The first kappa shape index (κ1) is 21.1. The Kier molecular flexibility index (Phi) is 5.48. The van der Waals surface area contributed by atoms with Crippen LogP contribution in [0.15, 0.2) is 76.5 Å². The molecule has 0 saturated heterocycles. The van der Waals surface area contributed by atoms with Gasteiger partial charge < -0.3 is 0 Å². The first-order chi connectivity index (χ1) is 14.1. The first-order valence-corrected chi connectivity index (χ1v) is 13.0. The number of nitrogens with zero attached hydrogens (tertiary/aromatic N) is 1. The lowest BCUT2D eigenvalue weighted by molar-refractivity contribution is 0.391. The summed E-state index contributed by atoms with van der Waals surface area (Å²) < 4.78 is 50.7. The van der Waals surface area contributed by atoms with Crippen LogP contribution >= 0.6 is 11.6 Å². The summed E-state index contributed by atoms with van der Waals surface area (Å²) in [6.07, 6.45) is 1.79. The molecule has 8 heteroatoms. The van der Waals surface area contributed by atoms with Crippen LogP contribution in [0.25, 0.3) is 11.1 Å². The fourth-order valence-corrected chi connectivity index (χ4v) is 5.74. The molecule has 5 nitrogen and oxygen atoms in total. The van der Waals surface area contributed by atoms with Gasteiger partial charge in [0.1, 0.15) is 0 Å². The molecule has 3 aromatic carbocycles. The summed E-state index contributed by atoms with van der Waals surface area (Å²) in [7, 11) is -6.82. The zero-order valence-corrected chi connectivity index (χ0v) is 18.6. The maximum atomic E-state index is 12.9. The second-order valence-electron chi connectivity index (χ2n) is 7.32. The third-order valence-electron chi connectivity index (χ3n) is 5.25. The lowest BCUT2D eigenvalue weighted by atomic mass is 9.95. The van der Waals surface area contributed by atoms with Crippen molar-refractivity contribution in [2.24, 2.45) is 0 Å². The van der Waals surface area contributed by atoms with Crippen molar-refractivity contribution in [3.8, 4) is 11.1 Å². The summed E-state index contributed by atoms with van der Waals surface area (Å²) >= 11 is 5.87. The maximum Gasteiger partial charge on any atom is 0.243 e. The molecule has 0 spiro atoms. The number of sulfone groups is 1. The van der Waals surface area contributed by atoms with Crippen molar-refractivity contribution in [2.45, 2.75) is 22.8 Å². The van der Waals surface area contributed by atoms with E-state index < -0.39 is 19.9 Å². The monoisotopic (exact) mass is 461 g/mol. The summed E-state index contributed by atoms with van der Waals surface area (Å²) in [5, 5.41) is 0.495. The molecule has 4 rings (SSSR count). The number of hydrogen-bond donors (Lipinski definition) is 0. The minimum absolute atomic E-state index is 0.234. The average Bonchev–Trinajstić information content (AvgIpc) is 2.73. The van der Waals surface area contributed by atoms with Crippen LogP contribution in [0.4, 0.5) is 0 Å². The van der Waals surface area contributed by atoms with Gasteiger partial charge in [-0.25, -0.2) is 16.8 Å². The second-order valence-corrected chi connectivity index (χ2v) is 11.7. The third-order valence-corrected chi connectivity index (χ3v) is 8.49. The summed E-state index contributed by atoms with van der Waals surface area (Å²) in [6.45, 7) is 0.710. The SMILES string of the molecule is CS(=O)(=O)c1ccc(-c2ccc3c(c2)CCN(S(=O)(=O)c2ccc(Cl)cc2)C3)cc1. The molecular formula is C22H20ClNO4S2. The Morgan fingerprint density at radius 2 is 1.37 bits per heavy atom. The Bertz CT molecular complexity index is 1300. The molecule has 0 bridgehead atoms. The van der Waals surface area contributed by atoms with Gasteiger partial charge in [0.15, 0.2) is 9.84 Å². The Morgan fingerprint density at radius 3 is 2.00 bits per heavy atom. The van der Waals surface area contributed by atoms with Gasteiger partial charge in [0.25, 0.3) is 0 Å². The highest BCUT2D eigenvalue weighted by Gasteiger charge is 2.28. The Balaban J connectivity index is 1.58. The predicted octanol–water partition coefficient (Wildman–Crippen LogP) is 4.16. The van der Waals surface area contributed by atoms with Gasteiger partial charge in [-0.05, 0) is 65.1 Å². The fraction of sp³-hybridized carbons (Fsp3) is 0.182. The van der Waals surface area contributed by atoms with E-state index in [1.807, 2.05) is 12.1 Å².